The van der Waals surface area contributed by atoms with Crippen LogP contribution in [0.25, 0.3) is 0 Å². The van der Waals surface area contributed by atoms with Crippen molar-refractivity contribution in [1.29, 1.82) is 0 Å². The zero-order valence-corrected chi connectivity index (χ0v) is 14.4. The molecule has 0 aromatic carbocycles. The van der Waals surface area contributed by atoms with Crippen LogP contribution in [0.5, 0.6) is 0 Å². The quantitative estimate of drug-likeness (QED) is 0.241. The Kier molecular flexibility index (Phi) is 11.1. The van der Waals surface area contributed by atoms with Crippen LogP contribution in [0.3, 0.4) is 0 Å². The van der Waals surface area contributed by atoms with Gasteiger partial charge in [0.2, 0.25) is 5.78 Å². The summed E-state index contributed by atoms with van der Waals surface area (Å²) in [6.45, 7) is 4.80. The van der Waals surface area contributed by atoms with Gasteiger partial charge in [-0.3, -0.25) is 4.79 Å². The molecule has 0 aliphatic heterocycles. The highest BCUT2D eigenvalue weighted by Crippen LogP contribution is 2.10. The van der Waals surface area contributed by atoms with Crippen molar-refractivity contribution in [2.24, 2.45) is 0 Å². The second-order valence-corrected chi connectivity index (χ2v) is 6.11. The standard InChI is InChI=1S/C20H32NO2/c1-2-20(23)19-15-11-13-17-21(19)16-12-9-7-5-3-4-6-8-10-14-18-22/h2,11,13,15,17,22H,1,3-10,12,14,16,18H2/q+1. The molecule has 0 spiro atoms. The van der Waals surface area contributed by atoms with E-state index in [0.717, 1.165) is 31.5 Å². The molecule has 1 rings (SSSR count). The Morgan fingerprint density at radius 3 is 2.09 bits per heavy atom. The van der Waals surface area contributed by atoms with Crippen LogP contribution < -0.4 is 4.57 Å². The Hall–Kier alpha value is -1.48. The van der Waals surface area contributed by atoms with Crippen LogP contribution in [0.2, 0.25) is 0 Å². The maximum Gasteiger partial charge on any atom is 0.252 e. The molecule has 1 aromatic rings. The van der Waals surface area contributed by atoms with Gasteiger partial charge in [0.25, 0.3) is 5.69 Å². The van der Waals surface area contributed by atoms with E-state index in [1.807, 2.05) is 29.0 Å². The number of hydrogen-bond acceptors (Lipinski definition) is 2. The number of allylic oxidation sites excluding steroid dienone is 1. The zero-order valence-electron chi connectivity index (χ0n) is 14.4. The molecule has 3 heteroatoms. The van der Waals surface area contributed by atoms with Crippen LogP contribution in [-0.4, -0.2) is 17.5 Å². The smallest absolute Gasteiger partial charge is 0.252 e. The van der Waals surface area contributed by atoms with Gasteiger partial charge in [-0.05, 0) is 25.0 Å². The van der Waals surface area contributed by atoms with Gasteiger partial charge in [0.05, 0.1) is 0 Å². The van der Waals surface area contributed by atoms with Crippen molar-refractivity contribution in [2.45, 2.75) is 70.8 Å². The van der Waals surface area contributed by atoms with Gasteiger partial charge in [0.15, 0.2) is 6.20 Å². The maximum absolute atomic E-state index is 11.8. The van der Waals surface area contributed by atoms with E-state index in [2.05, 4.69) is 6.58 Å². The second kappa shape index (κ2) is 13.0. The third-order valence-electron chi connectivity index (χ3n) is 4.19. The monoisotopic (exact) mass is 318 g/mol. The molecule has 3 nitrogen and oxygen atoms in total. The van der Waals surface area contributed by atoms with Crippen molar-refractivity contribution in [1.82, 2.24) is 0 Å². The number of aryl methyl sites for hydroxylation is 1. The zero-order chi connectivity index (χ0) is 16.8. The van der Waals surface area contributed by atoms with Crippen LogP contribution in [0.1, 0.15) is 74.7 Å². The lowest BCUT2D eigenvalue weighted by atomic mass is 10.1. The summed E-state index contributed by atoms with van der Waals surface area (Å²) >= 11 is 0. The molecule has 0 saturated heterocycles. The first kappa shape index (κ1) is 19.6. The summed E-state index contributed by atoms with van der Waals surface area (Å²) in [5, 5.41) is 8.71. The van der Waals surface area contributed by atoms with Crippen LogP contribution in [0.15, 0.2) is 37.1 Å². The lowest BCUT2D eigenvalue weighted by Gasteiger charge is -2.03. The van der Waals surface area contributed by atoms with E-state index in [-0.39, 0.29) is 5.78 Å². The molecule has 0 unspecified atom stereocenters. The van der Waals surface area contributed by atoms with Gasteiger partial charge in [-0.15, -0.1) is 0 Å². The lowest BCUT2D eigenvalue weighted by Crippen LogP contribution is -2.39. The number of nitrogens with zero attached hydrogens (tertiary/aromatic N) is 1. The lowest BCUT2D eigenvalue weighted by molar-refractivity contribution is -0.699. The summed E-state index contributed by atoms with van der Waals surface area (Å²) in [5.41, 5.74) is 0.727. The molecule has 0 radical (unpaired) electrons. The predicted molar refractivity (Wildman–Crippen MR) is 94.4 cm³/mol. The van der Waals surface area contributed by atoms with Crippen molar-refractivity contribution < 1.29 is 14.5 Å². The second-order valence-electron chi connectivity index (χ2n) is 6.11. The minimum atomic E-state index is -0.00759. The van der Waals surface area contributed by atoms with E-state index in [1.54, 1.807) is 0 Å². The van der Waals surface area contributed by atoms with Gasteiger partial charge in [0, 0.05) is 25.2 Å². The molecular formula is C20H32NO2+. The largest absolute Gasteiger partial charge is 0.396 e. The number of rotatable bonds is 14. The van der Waals surface area contributed by atoms with Crippen LogP contribution in [0, 0.1) is 0 Å². The van der Waals surface area contributed by atoms with E-state index in [4.69, 9.17) is 5.11 Å². The average molecular weight is 318 g/mol. The molecule has 0 fully saturated rings. The third-order valence-corrected chi connectivity index (χ3v) is 4.19. The number of carbonyl (C=O) groups excluding carboxylic acids is 1. The molecule has 0 bridgehead atoms. The van der Waals surface area contributed by atoms with E-state index in [0.29, 0.717) is 6.61 Å². The van der Waals surface area contributed by atoms with E-state index in [1.165, 1.54) is 51.0 Å². The van der Waals surface area contributed by atoms with Crippen LogP contribution in [0.4, 0.5) is 0 Å². The fourth-order valence-electron chi connectivity index (χ4n) is 2.81. The molecule has 0 saturated carbocycles. The summed E-state index contributed by atoms with van der Waals surface area (Å²) in [6, 6.07) is 5.73. The van der Waals surface area contributed by atoms with Gasteiger partial charge in [-0.1, -0.05) is 51.5 Å². The van der Waals surface area contributed by atoms with Crippen LogP contribution in [-0.2, 0) is 6.54 Å². The molecule has 1 aromatic heterocycles. The number of aromatic nitrogens is 1. The number of hydrogen-bond donors (Lipinski definition) is 1. The number of aliphatic hydroxyl groups excluding tert-OH is 1. The number of pyridine rings is 1. The summed E-state index contributed by atoms with van der Waals surface area (Å²) in [7, 11) is 0. The summed E-state index contributed by atoms with van der Waals surface area (Å²) in [5.74, 6) is -0.00759. The highest BCUT2D eigenvalue weighted by molar-refractivity contribution is 6.01. The molecule has 0 aliphatic carbocycles. The average Bonchev–Trinajstić information content (AvgIpc) is 2.59. The van der Waals surface area contributed by atoms with Crippen molar-refractivity contribution in [3.8, 4) is 0 Å². The van der Waals surface area contributed by atoms with Crippen molar-refractivity contribution >= 4 is 5.78 Å². The minimum Gasteiger partial charge on any atom is -0.396 e. The molecule has 1 N–H and O–H groups in total. The van der Waals surface area contributed by atoms with Gasteiger partial charge >= 0.3 is 0 Å². The van der Waals surface area contributed by atoms with Crippen molar-refractivity contribution in [2.75, 3.05) is 6.61 Å². The number of ketones is 1. The maximum atomic E-state index is 11.8. The van der Waals surface area contributed by atoms with Crippen molar-refractivity contribution in [3.05, 3.63) is 42.7 Å². The first-order valence-corrected chi connectivity index (χ1v) is 9.05. The Morgan fingerprint density at radius 2 is 1.52 bits per heavy atom. The van der Waals surface area contributed by atoms with E-state index in [9.17, 15) is 4.79 Å². The molecule has 0 atom stereocenters. The normalized spacial score (nSPS) is 10.7. The first-order chi connectivity index (χ1) is 11.3. The topological polar surface area (TPSA) is 41.2 Å². The SMILES string of the molecule is C=CC(=O)c1cccc[n+]1CCCCCCCCCCCCO. The van der Waals surface area contributed by atoms with E-state index >= 15 is 0 Å². The van der Waals surface area contributed by atoms with Crippen LogP contribution >= 0.6 is 0 Å². The molecule has 1 heterocycles. The van der Waals surface area contributed by atoms with Gasteiger partial charge in [-0.2, -0.15) is 4.57 Å². The number of unbranched alkanes of at least 4 members (excludes halogenated alkanes) is 9. The third kappa shape index (κ3) is 8.65. The summed E-state index contributed by atoms with van der Waals surface area (Å²) in [4.78, 5) is 11.8. The molecule has 0 amide bonds. The van der Waals surface area contributed by atoms with Gasteiger partial charge in [0.1, 0.15) is 6.54 Å². The van der Waals surface area contributed by atoms with E-state index < -0.39 is 0 Å². The fraction of sp³-hybridized carbons (Fsp3) is 0.600. The van der Waals surface area contributed by atoms with Gasteiger partial charge < -0.3 is 5.11 Å². The fourth-order valence-corrected chi connectivity index (χ4v) is 2.81. The Bertz CT molecular complexity index is 457. The highest BCUT2D eigenvalue weighted by atomic mass is 16.2. The molecular weight excluding hydrogens is 286 g/mol. The number of aliphatic hydroxyl groups is 1. The van der Waals surface area contributed by atoms with Crippen molar-refractivity contribution in [3.63, 3.8) is 0 Å². The molecule has 0 aliphatic rings. The summed E-state index contributed by atoms with van der Waals surface area (Å²) in [6.07, 6.45) is 15.6. The highest BCUT2D eigenvalue weighted by Gasteiger charge is 2.14. The Morgan fingerprint density at radius 1 is 0.957 bits per heavy atom. The minimum absolute atomic E-state index is 0.00759. The predicted octanol–water partition coefficient (Wildman–Crippen LogP) is 4.24. The number of carbonyl (C=O) groups is 1. The summed E-state index contributed by atoms with van der Waals surface area (Å²) < 4.78 is 2.03. The molecule has 128 valence electrons. The van der Waals surface area contributed by atoms with Gasteiger partial charge in [-0.25, -0.2) is 0 Å². The Labute approximate surface area is 141 Å². The Balaban J connectivity index is 2.07. The molecule has 23 heavy (non-hydrogen) atoms. The first-order valence-electron chi connectivity index (χ1n) is 9.05.